The number of ether oxygens (including phenoxy) is 1. The van der Waals surface area contributed by atoms with E-state index in [2.05, 4.69) is 4.72 Å². The van der Waals surface area contributed by atoms with Gasteiger partial charge in [-0.2, -0.15) is 0 Å². The zero-order valence-corrected chi connectivity index (χ0v) is 18.7. The third-order valence-electron chi connectivity index (χ3n) is 4.33. The summed E-state index contributed by atoms with van der Waals surface area (Å²) < 4.78 is 21.3. The third-order valence-corrected chi connectivity index (χ3v) is 6.31. The van der Waals surface area contributed by atoms with Gasteiger partial charge in [0.2, 0.25) is 0 Å². The maximum atomic E-state index is 12.8. The number of nitrogens with zero attached hydrogens (tertiary/aromatic N) is 1. The lowest BCUT2D eigenvalue weighted by molar-refractivity contribution is 0.0283. The molecule has 152 valence electrons. The Labute approximate surface area is 170 Å². The average molecular weight is 415 g/mol. The molecule has 0 aromatic heterocycles. The summed E-state index contributed by atoms with van der Waals surface area (Å²) in [6, 6.07) is 7.65. The number of carbonyl (C=O) groups is 1. The summed E-state index contributed by atoms with van der Waals surface area (Å²) in [4.78, 5) is 14.2. The van der Waals surface area contributed by atoms with E-state index in [1.54, 1.807) is 4.90 Å². The zero-order chi connectivity index (χ0) is 20.5. The first-order valence-electron chi connectivity index (χ1n) is 9.22. The van der Waals surface area contributed by atoms with Crippen molar-refractivity contribution >= 4 is 28.7 Å². The smallest absolute Gasteiger partial charge is 0.410 e. The number of likely N-dealkylation sites (tertiary alicyclic amines) is 1. The molecule has 1 fully saturated rings. The zero-order valence-electron chi connectivity index (χ0n) is 17.1. The molecule has 1 aliphatic heterocycles. The van der Waals surface area contributed by atoms with Crippen LogP contribution in [0.25, 0.3) is 0 Å². The topological polar surface area (TPSA) is 58.6 Å². The van der Waals surface area contributed by atoms with Gasteiger partial charge in [-0.25, -0.2) is 13.7 Å². The fraction of sp³-hybridized carbons (Fsp3) is 0.650. The van der Waals surface area contributed by atoms with Gasteiger partial charge in [-0.05, 0) is 72.1 Å². The molecule has 2 rings (SSSR count). The van der Waals surface area contributed by atoms with Crippen LogP contribution < -0.4 is 4.72 Å². The van der Waals surface area contributed by atoms with E-state index >= 15 is 0 Å². The molecule has 0 bridgehead atoms. The standard InChI is InChI=1S/C20H31ClN2O3S/c1-18(2,3)26-17(24)23-12-11-20(14-23,22-27(25)19(4,5)6)13-15-7-9-16(21)10-8-15/h7-10,22H,11-14H2,1-6H3. The Bertz CT molecular complexity index is 695. The van der Waals surface area contributed by atoms with Crippen molar-refractivity contribution in [1.29, 1.82) is 0 Å². The molecule has 5 nitrogen and oxygen atoms in total. The largest absolute Gasteiger partial charge is 0.444 e. The third kappa shape index (κ3) is 6.47. The molecule has 1 aromatic carbocycles. The molecule has 7 heteroatoms. The van der Waals surface area contributed by atoms with Gasteiger partial charge in [0.25, 0.3) is 0 Å². The molecule has 1 amide bonds. The monoisotopic (exact) mass is 414 g/mol. The van der Waals surface area contributed by atoms with Crippen LogP contribution >= 0.6 is 11.6 Å². The number of carbonyl (C=O) groups excluding carboxylic acids is 1. The maximum Gasteiger partial charge on any atom is 0.410 e. The first-order valence-corrected chi connectivity index (χ1v) is 10.7. The van der Waals surface area contributed by atoms with E-state index in [4.69, 9.17) is 16.3 Å². The summed E-state index contributed by atoms with van der Waals surface area (Å²) in [5, 5.41) is 0.681. The van der Waals surface area contributed by atoms with Crippen molar-refractivity contribution in [3.8, 4) is 0 Å². The SMILES string of the molecule is CC(C)(C)OC(=O)N1CCC(Cc2ccc(Cl)cc2)(NS(=O)C(C)(C)C)C1. The normalized spacial score (nSPS) is 22.0. The van der Waals surface area contributed by atoms with Crippen molar-refractivity contribution in [2.75, 3.05) is 13.1 Å². The van der Waals surface area contributed by atoms with E-state index in [9.17, 15) is 9.00 Å². The minimum atomic E-state index is -1.25. The molecule has 1 heterocycles. The predicted octanol–water partition coefficient (Wildman–Crippen LogP) is 4.31. The van der Waals surface area contributed by atoms with Crippen LogP contribution in [0.1, 0.15) is 53.5 Å². The van der Waals surface area contributed by atoms with Crippen LogP contribution in [0.4, 0.5) is 4.79 Å². The van der Waals surface area contributed by atoms with E-state index in [0.717, 1.165) is 5.56 Å². The fourth-order valence-electron chi connectivity index (χ4n) is 2.96. The van der Waals surface area contributed by atoms with Crippen molar-refractivity contribution < 1.29 is 13.7 Å². The molecule has 1 N–H and O–H groups in total. The average Bonchev–Trinajstić information content (AvgIpc) is 2.91. The Morgan fingerprint density at radius 1 is 1.22 bits per heavy atom. The van der Waals surface area contributed by atoms with Gasteiger partial charge in [-0.15, -0.1) is 0 Å². The Balaban J connectivity index is 2.22. The Hall–Kier alpha value is -1.11. The van der Waals surface area contributed by atoms with E-state index in [0.29, 0.717) is 31.0 Å². The highest BCUT2D eigenvalue weighted by Gasteiger charge is 2.43. The summed E-state index contributed by atoms with van der Waals surface area (Å²) >= 11 is 6.00. The summed E-state index contributed by atoms with van der Waals surface area (Å²) in [5.41, 5.74) is 0.0760. The number of halogens is 1. The minimum Gasteiger partial charge on any atom is -0.444 e. The maximum absolute atomic E-state index is 12.8. The Kier molecular flexibility index (Phi) is 6.65. The molecule has 2 unspecified atom stereocenters. The minimum absolute atomic E-state index is 0.330. The molecular formula is C20H31ClN2O3S. The van der Waals surface area contributed by atoms with Crippen molar-refractivity contribution in [2.45, 2.75) is 70.3 Å². The molecule has 0 spiro atoms. The summed E-state index contributed by atoms with van der Waals surface area (Å²) in [7, 11) is -1.25. The quantitative estimate of drug-likeness (QED) is 0.798. The summed E-state index contributed by atoms with van der Waals surface area (Å²) in [6.45, 7) is 12.4. The number of hydrogen-bond donors (Lipinski definition) is 1. The van der Waals surface area contributed by atoms with Crippen LogP contribution in [0.2, 0.25) is 5.02 Å². The van der Waals surface area contributed by atoms with Crippen molar-refractivity contribution in [3.63, 3.8) is 0 Å². The number of amides is 1. The van der Waals surface area contributed by atoms with Gasteiger partial charge in [0, 0.05) is 18.1 Å². The van der Waals surface area contributed by atoms with E-state index in [1.807, 2.05) is 65.8 Å². The van der Waals surface area contributed by atoms with E-state index in [1.165, 1.54) is 0 Å². The molecule has 0 aliphatic carbocycles. The van der Waals surface area contributed by atoms with Crippen molar-refractivity contribution in [3.05, 3.63) is 34.9 Å². The molecule has 2 atom stereocenters. The first kappa shape index (κ1) is 22.2. The van der Waals surface area contributed by atoms with Gasteiger partial charge >= 0.3 is 6.09 Å². The first-order chi connectivity index (χ1) is 12.3. The van der Waals surface area contributed by atoms with Crippen molar-refractivity contribution in [1.82, 2.24) is 9.62 Å². The predicted molar refractivity (Wildman–Crippen MR) is 111 cm³/mol. The lowest BCUT2D eigenvalue weighted by Crippen LogP contribution is -2.54. The van der Waals surface area contributed by atoms with Crippen LogP contribution in [0.15, 0.2) is 24.3 Å². The highest BCUT2D eigenvalue weighted by molar-refractivity contribution is 7.84. The van der Waals surface area contributed by atoms with Crippen LogP contribution in [0.5, 0.6) is 0 Å². The fourth-order valence-corrected chi connectivity index (χ4v) is 4.03. The van der Waals surface area contributed by atoms with Crippen molar-refractivity contribution in [2.24, 2.45) is 0 Å². The number of benzene rings is 1. The van der Waals surface area contributed by atoms with Crippen LogP contribution in [-0.4, -0.2) is 44.2 Å². The van der Waals surface area contributed by atoms with Gasteiger partial charge in [0.05, 0.1) is 21.3 Å². The van der Waals surface area contributed by atoms with Gasteiger partial charge in [-0.1, -0.05) is 23.7 Å². The summed E-state index contributed by atoms with van der Waals surface area (Å²) in [5.74, 6) is 0. The van der Waals surface area contributed by atoms with Crippen LogP contribution in [-0.2, 0) is 22.1 Å². The molecule has 1 saturated heterocycles. The van der Waals surface area contributed by atoms with E-state index in [-0.39, 0.29) is 6.09 Å². The molecular weight excluding hydrogens is 384 g/mol. The number of nitrogens with one attached hydrogen (secondary N) is 1. The second-order valence-corrected chi connectivity index (χ2v) is 11.6. The lowest BCUT2D eigenvalue weighted by Gasteiger charge is -2.33. The summed E-state index contributed by atoms with van der Waals surface area (Å²) in [6.07, 6.45) is 1.03. The van der Waals surface area contributed by atoms with E-state index < -0.39 is 26.9 Å². The highest BCUT2D eigenvalue weighted by Crippen LogP contribution is 2.29. The highest BCUT2D eigenvalue weighted by atomic mass is 35.5. The van der Waals surface area contributed by atoms with Gasteiger partial charge in [-0.3, -0.25) is 0 Å². The number of rotatable bonds is 4. The molecule has 0 radical (unpaired) electrons. The molecule has 1 aromatic rings. The molecule has 0 saturated carbocycles. The van der Waals surface area contributed by atoms with Crippen LogP contribution in [0, 0.1) is 0 Å². The number of hydrogen-bond acceptors (Lipinski definition) is 3. The molecule has 27 heavy (non-hydrogen) atoms. The lowest BCUT2D eigenvalue weighted by atomic mass is 9.91. The Morgan fingerprint density at radius 3 is 2.33 bits per heavy atom. The van der Waals surface area contributed by atoms with Gasteiger partial charge < -0.3 is 9.64 Å². The van der Waals surface area contributed by atoms with Gasteiger partial charge in [0.15, 0.2) is 0 Å². The second kappa shape index (κ2) is 8.10. The van der Waals surface area contributed by atoms with Gasteiger partial charge in [0.1, 0.15) is 5.60 Å². The van der Waals surface area contributed by atoms with Crippen LogP contribution in [0.3, 0.4) is 0 Å². The molecule has 1 aliphatic rings. The Morgan fingerprint density at radius 2 is 1.81 bits per heavy atom. The second-order valence-electron chi connectivity index (χ2n) is 9.22.